The van der Waals surface area contributed by atoms with Gasteiger partial charge in [0.05, 0.1) is 5.92 Å². The molecule has 2 aliphatic rings. The lowest BCUT2D eigenvalue weighted by molar-refractivity contribution is -0.126. The van der Waals surface area contributed by atoms with Crippen molar-refractivity contribution in [3.05, 3.63) is 48.3 Å². The molecule has 2 aliphatic heterocycles. The first kappa shape index (κ1) is 20.5. The molecule has 1 atom stereocenters. The van der Waals surface area contributed by atoms with Gasteiger partial charge in [0, 0.05) is 36.2 Å². The molecular formula is C22H23FN2O4S. The Morgan fingerprint density at radius 2 is 1.90 bits per heavy atom. The molecule has 1 N–H and O–H groups in total. The minimum atomic E-state index is -0.365. The summed E-state index contributed by atoms with van der Waals surface area (Å²) in [6, 6.07) is 11.8. The lowest BCUT2D eigenvalue weighted by atomic mass is 10.1. The highest BCUT2D eigenvalue weighted by molar-refractivity contribution is 7.99. The fraction of sp³-hybridized carbons (Fsp3) is 0.364. The minimum Gasteiger partial charge on any atom is -0.486 e. The van der Waals surface area contributed by atoms with Crippen molar-refractivity contribution >= 4 is 29.3 Å². The molecule has 2 amide bonds. The highest BCUT2D eigenvalue weighted by Gasteiger charge is 2.35. The first-order valence-corrected chi connectivity index (χ1v) is 10.9. The molecule has 1 saturated heterocycles. The standard InChI is InChI=1S/C22H23FN2O4S/c23-16-2-5-18(6-3-16)30-11-1-8-24-22(27)15-12-21(26)25(14-15)17-4-7-19-20(13-17)29-10-9-28-19/h2-7,13,15H,1,8-12,14H2,(H,24,27)/t15-/m1/s1. The van der Waals surface area contributed by atoms with E-state index in [4.69, 9.17) is 9.47 Å². The highest BCUT2D eigenvalue weighted by atomic mass is 32.2. The number of hydrogen-bond donors (Lipinski definition) is 1. The number of anilines is 1. The average molecular weight is 431 g/mol. The molecule has 30 heavy (non-hydrogen) atoms. The van der Waals surface area contributed by atoms with Gasteiger partial charge in [0.1, 0.15) is 19.0 Å². The minimum absolute atomic E-state index is 0.0707. The predicted molar refractivity (Wildman–Crippen MR) is 113 cm³/mol. The zero-order valence-corrected chi connectivity index (χ0v) is 17.3. The van der Waals surface area contributed by atoms with E-state index in [2.05, 4.69) is 5.32 Å². The predicted octanol–water partition coefficient (Wildman–Crippen LogP) is 3.25. The second-order valence-corrected chi connectivity index (χ2v) is 8.35. The van der Waals surface area contributed by atoms with Gasteiger partial charge in [-0.3, -0.25) is 9.59 Å². The van der Waals surface area contributed by atoms with Crippen LogP contribution in [0.3, 0.4) is 0 Å². The first-order chi connectivity index (χ1) is 14.6. The summed E-state index contributed by atoms with van der Waals surface area (Å²) in [5, 5.41) is 2.93. The zero-order valence-electron chi connectivity index (χ0n) is 16.4. The van der Waals surface area contributed by atoms with Gasteiger partial charge in [-0.1, -0.05) is 0 Å². The van der Waals surface area contributed by atoms with E-state index in [9.17, 15) is 14.0 Å². The van der Waals surface area contributed by atoms with E-state index in [-0.39, 0.29) is 30.0 Å². The summed E-state index contributed by atoms with van der Waals surface area (Å²) in [6.07, 6.45) is 0.991. The van der Waals surface area contributed by atoms with E-state index in [0.717, 1.165) is 22.8 Å². The van der Waals surface area contributed by atoms with Gasteiger partial charge in [0.25, 0.3) is 0 Å². The number of carbonyl (C=O) groups is 2. The Bertz CT molecular complexity index is 922. The van der Waals surface area contributed by atoms with Crippen LogP contribution in [0, 0.1) is 11.7 Å². The molecule has 2 heterocycles. The maximum absolute atomic E-state index is 12.9. The zero-order chi connectivity index (χ0) is 20.9. The van der Waals surface area contributed by atoms with E-state index in [1.807, 2.05) is 6.07 Å². The van der Waals surface area contributed by atoms with Gasteiger partial charge >= 0.3 is 0 Å². The number of nitrogens with one attached hydrogen (secondary N) is 1. The summed E-state index contributed by atoms with van der Waals surface area (Å²) in [7, 11) is 0. The Morgan fingerprint density at radius 1 is 1.13 bits per heavy atom. The van der Waals surface area contributed by atoms with E-state index in [1.165, 1.54) is 12.1 Å². The molecule has 0 radical (unpaired) electrons. The Labute approximate surface area is 178 Å². The first-order valence-electron chi connectivity index (χ1n) is 9.96. The molecule has 0 bridgehead atoms. The third-order valence-corrected chi connectivity index (χ3v) is 6.13. The van der Waals surface area contributed by atoms with E-state index in [0.29, 0.717) is 37.8 Å². The largest absolute Gasteiger partial charge is 0.486 e. The number of hydrogen-bond acceptors (Lipinski definition) is 5. The van der Waals surface area contributed by atoms with Crippen molar-refractivity contribution in [1.29, 1.82) is 0 Å². The van der Waals surface area contributed by atoms with Crippen LogP contribution < -0.4 is 19.7 Å². The molecule has 0 saturated carbocycles. The fourth-order valence-electron chi connectivity index (χ4n) is 3.48. The smallest absolute Gasteiger partial charge is 0.227 e. The van der Waals surface area contributed by atoms with Crippen molar-refractivity contribution in [2.75, 3.05) is 37.0 Å². The normalized spacial score (nSPS) is 17.8. The number of ether oxygens (including phenoxy) is 2. The van der Waals surface area contributed by atoms with Gasteiger partial charge in [0.15, 0.2) is 11.5 Å². The Balaban J connectivity index is 1.23. The maximum atomic E-state index is 12.9. The lowest BCUT2D eigenvalue weighted by Crippen LogP contribution is -2.33. The molecule has 2 aromatic rings. The fourth-order valence-corrected chi connectivity index (χ4v) is 4.33. The summed E-state index contributed by atoms with van der Waals surface area (Å²) in [4.78, 5) is 27.6. The molecule has 158 valence electrons. The Kier molecular flexibility index (Phi) is 6.42. The van der Waals surface area contributed by atoms with Crippen molar-refractivity contribution in [2.24, 2.45) is 5.92 Å². The van der Waals surface area contributed by atoms with Crippen molar-refractivity contribution in [2.45, 2.75) is 17.7 Å². The van der Waals surface area contributed by atoms with Crippen LogP contribution in [0.15, 0.2) is 47.4 Å². The van der Waals surface area contributed by atoms with Gasteiger partial charge in [-0.2, -0.15) is 0 Å². The number of fused-ring (bicyclic) bond motifs is 1. The van der Waals surface area contributed by atoms with E-state index >= 15 is 0 Å². The van der Waals surface area contributed by atoms with Crippen LogP contribution in [0.1, 0.15) is 12.8 Å². The molecule has 1 fully saturated rings. The van der Waals surface area contributed by atoms with Gasteiger partial charge < -0.3 is 19.7 Å². The van der Waals surface area contributed by atoms with Crippen LogP contribution in [0.4, 0.5) is 10.1 Å². The Morgan fingerprint density at radius 3 is 2.70 bits per heavy atom. The number of halogens is 1. The maximum Gasteiger partial charge on any atom is 0.227 e. The summed E-state index contributed by atoms with van der Waals surface area (Å²) >= 11 is 1.62. The van der Waals surface area contributed by atoms with Gasteiger partial charge in [-0.15, -0.1) is 11.8 Å². The molecule has 0 unspecified atom stereocenters. The summed E-state index contributed by atoms with van der Waals surface area (Å²) in [5.74, 6) is 1.33. The number of carbonyl (C=O) groups excluding carboxylic acids is 2. The van der Waals surface area contributed by atoms with Crippen molar-refractivity contribution in [3.8, 4) is 11.5 Å². The van der Waals surface area contributed by atoms with Gasteiger partial charge in [0.2, 0.25) is 11.8 Å². The van der Waals surface area contributed by atoms with Crippen LogP contribution in [0.25, 0.3) is 0 Å². The van der Waals surface area contributed by atoms with Crippen molar-refractivity contribution in [3.63, 3.8) is 0 Å². The van der Waals surface area contributed by atoms with Crippen LogP contribution in [-0.4, -0.2) is 43.9 Å². The molecule has 0 spiro atoms. The molecule has 0 aliphatic carbocycles. The quantitative estimate of drug-likeness (QED) is 0.540. The summed E-state index contributed by atoms with van der Waals surface area (Å²) in [6.45, 7) is 1.89. The molecule has 2 aromatic carbocycles. The summed E-state index contributed by atoms with van der Waals surface area (Å²) < 4.78 is 24.0. The molecule has 4 rings (SSSR count). The number of benzene rings is 2. The summed E-state index contributed by atoms with van der Waals surface area (Å²) in [5.41, 5.74) is 0.718. The van der Waals surface area contributed by atoms with Crippen molar-refractivity contribution < 1.29 is 23.5 Å². The number of rotatable bonds is 7. The number of nitrogens with zero attached hydrogens (tertiary/aromatic N) is 1. The number of amides is 2. The van der Waals surface area contributed by atoms with Crippen LogP contribution in [0.5, 0.6) is 11.5 Å². The van der Waals surface area contributed by atoms with E-state index < -0.39 is 0 Å². The SMILES string of the molecule is O=C(NCCCSc1ccc(F)cc1)[C@@H]1CC(=O)N(c2ccc3c(c2)OCCO3)C1. The van der Waals surface area contributed by atoms with Crippen LogP contribution in [0.2, 0.25) is 0 Å². The molecular weight excluding hydrogens is 407 g/mol. The van der Waals surface area contributed by atoms with Crippen LogP contribution in [-0.2, 0) is 9.59 Å². The highest BCUT2D eigenvalue weighted by Crippen LogP contribution is 2.36. The van der Waals surface area contributed by atoms with Crippen LogP contribution >= 0.6 is 11.8 Å². The third-order valence-electron chi connectivity index (χ3n) is 5.04. The van der Waals surface area contributed by atoms with Gasteiger partial charge in [-0.25, -0.2) is 4.39 Å². The molecule has 6 nitrogen and oxygen atoms in total. The van der Waals surface area contributed by atoms with Crippen molar-refractivity contribution in [1.82, 2.24) is 5.32 Å². The Hall–Kier alpha value is -2.74. The third kappa shape index (κ3) is 4.87. The second kappa shape index (κ2) is 9.38. The monoisotopic (exact) mass is 430 g/mol. The molecule has 8 heteroatoms. The lowest BCUT2D eigenvalue weighted by Gasteiger charge is -2.22. The average Bonchev–Trinajstić information content (AvgIpc) is 3.16. The molecule has 0 aromatic heterocycles. The second-order valence-electron chi connectivity index (χ2n) is 7.18. The van der Waals surface area contributed by atoms with E-state index in [1.54, 1.807) is 40.9 Å². The van der Waals surface area contributed by atoms with Gasteiger partial charge in [-0.05, 0) is 48.6 Å². The number of thioether (sulfide) groups is 1. The topological polar surface area (TPSA) is 67.9 Å².